The second kappa shape index (κ2) is 7.13. The van der Waals surface area contributed by atoms with Crippen molar-refractivity contribution < 1.29 is 18.1 Å². The summed E-state index contributed by atoms with van der Waals surface area (Å²) in [5.74, 6) is 0. The highest BCUT2D eigenvalue weighted by atomic mass is 32.2. The lowest BCUT2D eigenvalue weighted by Gasteiger charge is -2.20. The van der Waals surface area contributed by atoms with Crippen LogP contribution >= 0.6 is 0 Å². The van der Waals surface area contributed by atoms with Crippen LogP contribution in [-0.4, -0.2) is 44.5 Å². The molecule has 20 heavy (non-hydrogen) atoms. The number of sulfonamides is 1. The molecule has 110 valence electrons. The van der Waals surface area contributed by atoms with E-state index in [4.69, 9.17) is 4.74 Å². The van der Waals surface area contributed by atoms with E-state index in [0.717, 1.165) is 10.4 Å². The van der Waals surface area contributed by atoms with Gasteiger partial charge in [0, 0.05) is 26.3 Å². The number of hydrogen-bond donors (Lipinski definition) is 0. The first-order valence-electron chi connectivity index (χ1n) is 5.78. The summed E-state index contributed by atoms with van der Waals surface area (Å²) in [6, 6.07) is 5.25. The van der Waals surface area contributed by atoms with Gasteiger partial charge >= 0.3 is 0 Å². The van der Waals surface area contributed by atoms with Crippen molar-refractivity contribution in [3.63, 3.8) is 0 Å². The third kappa shape index (κ3) is 3.62. The number of para-hydroxylation sites is 1. The zero-order valence-corrected chi connectivity index (χ0v) is 11.9. The standard InChI is InChI=1S/C12H16N2O5S/c1-3-8-13(9-10-19-2)20(17,18)12-7-5-4-6-11(12)14(15)16/h3-7H,1,8-10H2,2H3. The highest BCUT2D eigenvalue weighted by Gasteiger charge is 2.30. The molecule has 0 bridgehead atoms. The highest BCUT2D eigenvalue weighted by Crippen LogP contribution is 2.26. The molecule has 0 saturated heterocycles. The van der Waals surface area contributed by atoms with Crippen molar-refractivity contribution in [2.75, 3.05) is 26.8 Å². The average Bonchev–Trinajstić information content (AvgIpc) is 2.43. The van der Waals surface area contributed by atoms with E-state index in [9.17, 15) is 18.5 Å². The summed E-state index contributed by atoms with van der Waals surface area (Å²) in [6.45, 7) is 3.83. The molecule has 7 nitrogen and oxygen atoms in total. The monoisotopic (exact) mass is 300 g/mol. The van der Waals surface area contributed by atoms with Crippen molar-refractivity contribution in [1.82, 2.24) is 4.31 Å². The summed E-state index contributed by atoms with van der Waals surface area (Å²) in [6.07, 6.45) is 1.42. The Labute approximate surface area is 117 Å². The summed E-state index contributed by atoms with van der Waals surface area (Å²) < 4.78 is 30.9. The Morgan fingerprint density at radius 3 is 2.65 bits per heavy atom. The second-order valence-electron chi connectivity index (χ2n) is 3.87. The normalized spacial score (nSPS) is 11.5. The van der Waals surface area contributed by atoms with Crippen molar-refractivity contribution >= 4 is 15.7 Å². The van der Waals surface area contributed by atoms with Crippen LogP contribution in [0.5, 0.6) is 0 Å². The molecule has 1 aromatic rings. The minimum atomic E-state index is -3.97. The molecular weight excluding hydrogens is 284 g/mol. The van der Waals surface area contributed by atoms with Crippen molar-refractivity contribution in [3.05, 3.63) is 47.0 Å². The Hall–Kier alpha value is -1.77. The molecule has 0 radical (unpaired) electrons. The first-order valence-corrected chi connectivity index (χ1v) is 7.22. The van der Waals surface area contributed by atoms with E-state index in [1.165, 1.54) is 31.4 Å². The third-order valence-electron chi connectivity index (χ3n) is 2.56. The Morgan fingerprint density at radius 1 is 1.45 bits per heavy atom. The van der Waals surface area contributed by atoms with Gasteiger partial charge in [0.05, 0.1) is 11.5 Å². The van der Waals surface area contributed by atoms with Gasteiger partial charge in [-0.15, -0.1) is 6.58 Å². The number of nitrogens with zero attached hydrogens (tertiary/aromatic N) is 2. The van der Waals surface area contributed by atoms with Gasteiger partial charge in [0.1, 0.15) is 0 Å². The van der Waals surface area contributed by atoms with Crippen LogP contribution < -0.4 is 0 Å². The van der Waals surface area contributed by atoms with E-state index < -0.39 is 20.6 Å². The zero-order valence-electron chi connectivity index (χ0n) is 11.1. The van der Waals surface area contributed by atoms with Gasteiger partial charge in [0.25, 0.3) is 5.69 Å². The minimum Gasteiger partial charge on any atom is -0.383 e. The van der Waals surface area contributed by atoms with Gasteiger partial charge in [-0.05, 0) is 6.07 Å². The number of nitro benzene ring substituents is 1. The quantitative estimate of drug-likeness (QED) is 0.411. The largest absolute Gasteiger partial charge is 0.383 e. The number of hydrogen-bond acceptors (Lipinski definition) is 5. The molecular formula is C12H16N2O5S. The maximum Gasteiger partial charge on any atom is 0.289 e. The van der Waals surface area contributed by atoms with Gasteiger partial charge in [-0.25, -0.2) is 8.42 Å². The Morgan fingerprint density at radius 2 is 2.10 bits per heavy atom. The molecule has 1 rings (SSSR count). The number of nitro groups is 1. The van der Waals surface area contributed by atoms with E-state index in [0.29, 0.717) is 0 Å². The van der Waals surface area contributed by atoms with Crippen LogP contribution in [0.4, 0.5) is 5.69 Å². The zero-order chi connectivity index (χ0) is 15.2. The first-order chi connectivity index (χ1) is 9.45. The molecule has 0 aromatic heterocycles. The molecule has 0 saturated carbocycles. The molecule has 0 unspecified atom stereocenters. The van der Waals surface area contributed by atoms with Gasteiger partial charge in [-0.2, -0.15) is 4.31 Å². The topological polar surface area (TPSA) is 89.8 Å². The van der Waals surface area contributed by atoms with E-state index in [2.05, 4.69) is 6.58 Å². The highest BCUT2D eigenvalue weighted by molar-refractivity contribution is 7.89. The van der Waals surface area contributed by atoms with Gasteiger partial charge in [-0.3, -0.25) is 10.1 Å². The van der Waals surface area contributed by atoms with Crippen molar-refractivity contribution in [2.24, 2.45) is 0 Å². The predicted molar refractivity (Wildman–Crippen MR) is 73.9 cm³/mol. The number of methoxy groups -OCH3 is 1. The van der Waals surface area contributed by atoms with E-state index in [1.807, 2.05) is 0 Å². The molecule has 1 aromatic carbocycles. The molecule has 0 spiro atoms. The van der Waals surface area contributed by atoms with Crippen LogP contribution in [0.15, 0.2) is 41.8 Å². The number of ether oxygens (including phenoxy) is 1. The first kappa shape index (κ1) is 16.3. The summed E-state index contributed by atoms with van der Waals surface area (Å²) in [5.41, 5.74) is -0.445. The van der Waals surface area contributed by atoms with Crippen molar-refractivity contribution in [2.45, 2.75) is 4.90 Å². The van der Waals surface area contributed by atoms with Crippen LogP contribution in [0.2, 0.25) is 0 Å². The Kier molecular flexibility index (Phi) is 5.81. The van der Waals surface area contributed by atoms with Gasteiger partial charge < -0.3 is 4.74 Å². The smallest absolute Gasteiger partial charge is 0.289 e. The molecule has 0 aliphatic carbocycles. The molecule has 0 amide bonds. The van der Waals surface area contributed by atoms with Gasteiger partial charge in [-0.1, -0.05) is 18.2 Å². The predicted octanol–water partition coefficient (Wildman–Crippen LogP) is 1.42. The van der Waals surface area contributed by atoms with Crippen molar-refractivity contribution in [3.8, 4) is 0 Å². The van der Waals surface area contributed by atoms with Gasteiger partial charge in [0.15, 0.2) is 4.90 Å². The summed E-state index contributed by atoms with van der Waals surface area (Å²) in [5, 5.41) is 10.9. The summed E-state index contributed by atoms with van der Waals surface area (Å²) in [7, 11) is -2.52. The fourth-order valence-corrected chi connectivity index (χ4v) is 3.16. The maximum absolute atomic E-state index is 12.5. The molecule has 0 N–H and O–H groups in total. The lowest BCUT2D eigenvalue weighted by molar-refractivity contribution is -0.387. The SMILES string of the molecule is C=CCN(CCOC)S(=O)(=O)c1ccccc1[N+](=O)[O-]. The van der Waals surface area contributed by atoms with Crippen LogP contribution in [0.3, 0.4) is 0 Å². The fraction of sp³-hybridized carbons (Fsp3) is 0.333. The van der Waals surface area contributed by atoms with Crippen LogP contribution in [0.1, 0.15) is 0 Å². The van der Waals surface area contributed by atoms with Crippen LogP contribution in [-0.2, 0) is 14.8 Å². The lowest BCUT2D eigenvalue weighted by Crippen LogP contribution is -2.34. The third-order valence-corrected chi connectivity index (χ3v) is 4.47. The molecule has 0 aliphatic rings. The Balaban J connectivity index is 3.25. The second-order valence-corrected chi connectivity index (χ2v) is 5.78. The van der Waals surface area contributed by atoms with E-state index in [1.54, 1.807) is 0 Å². The number of rotatable bonds is 8. The summed E-state index contributed by atoms with van der Waals surface area (Å²) >= 11 is 0. The summed E-state index contributed by atoms with van der Waals surface area (Å²) in [4.78, 5) is 9.90. The fourth-order valence-electron chi connectivity index (χ4n) is 1.61. The molecule has 0 atom stereocenters. The molecule has 0 aliphatic heterocycles. The average molecular weight is 300 g/mol. The lowest BCUT2D eigenvalue weighted by atomic mass is 10.3. The van der Waals surface area contributed by atoms with Crippen LogP contribution in [0, 0.1) is 10.1 Å². The molecule has 0 heterocycles. The maximum atomic E-state index is 12.5. The molecule has 8 heteroatoms. The van der Waals surface area contributed by atoms with Gasteiger partial charge in [0.2, 0.25) is 10.0 Å². The van der Waals surface area contributed by atoms with E-state index in [-0.39, 0.29) is 24.6 Å². The van der Waals surface area contributed by atoms with Crippen molar-refractivity contribution in [1.29, 1.82) is 0 Å². The van der Waals surface area contributed by atoms with E-state index >= 15 is 0 Å². The minimum absolute atomic E-state index is 0.0533. The number of benzene rings is 1. The van der Waals surface area contributed by atoms with Crippen LogP contribution in [0.25, 0.3) is 0 Å². The Bertz CT molecular complexity index is 585. The molecule has 0 fully saturated rings.